The number of aromatic hydroxyl groups is 1. The summed E-state index contributed by atoms with van der Waals surface area (Å²) in [5.41, 5.74) is 3.83. The van der Waals surface area contributed by atoms with Crippen LogP contribution in [0.3, 0.4) is 0 Å². The monoisotopic (exact) mass is 537 g/mol. The zero-order chi connectivity index (χ0) is 27.4. The lowest BCUT2D eigenvalue weighted by Gasteiger charge is -2.48. The molecule has 1 saturated heterocycles. The third kappa shape index (κ3) is 4.49. The van der Waals surface area contributed by atoms with E-state index >= 15 is 0 Å². The highest BCUT2D eigenvalue weighted by Crippen LogP contribution is 2.49. The molecule has 1 spiro atoms. The summed E-state index contributed by atoms with van der Waals surface area (Å²) in [6.45, 7) is 0.744. The molecule has 39 heavy (non-hydrogen) atoms. The van der Waals surface area contributed by atoms with Crippen molar-refractivity contribution in [1.82, 2.24) is 15.6 Å². The molecular formula is C30H30F3N3O3. The van der Waals surface area contributed by atoms with E-state index in [2.05, 4.69) is 15.6 Å². The molecule has 0 unspecified atom stereocenters. The number of phenols is 1. The lowest BCUT2D eigenvalue weighted by atomic mass is 9.72. The first-order valence-electron chi connectivity index (χ1n) is 12.9. The highest BCUT2D eigenvalue weighted by molar-refractivity contribution is 5.86. The number of aromatic amines is 1. The average Bonchev–Trinajstić information content (AvgIpc) is 3.31. The number of phenolic OH excluding ortho intramolecular Hbond substituents is 1. The van der Waals surface area contributed by atoms with Crippen molar-refractivity contribution in [3.05, 3.63) is 88.6 Å². The Bertz CT molecular complexity index is 1520. The Balaban J connectivity index is 1.46. The number of H-pyrrole nitrogens is 1. The van der Waals surface area contributed by atoms with E-state index in [-0.39, 0.29) is 17.8 Å². The minimum absolute atomic E-state index is 0.135. The summed E-state index contributed by atoms with van der Waals surface area (Å²) in [6.07, 6.45) is -2.25. The number of hydrogen-bond acceptors (Lipinski definition) is 5. The molecule has 3 aromatic carbocycles. The molecule has 0 aliphatic carbocycles. The number of aromatic nitrogens is 1. The number of benzene rings is 3. The number of fused-ring (bicyclic) bond motifs is 4. The standard InChI is InChI=1S/C30H30F3N3O3/c1-38-26-10-5-18(13-27(26)39-2)25-16-29(15-24(35-25)17-3-6-19(7-4-17)30(31,32)33)28-21(11-12-34-29)22-14-20(37)8-9-23(22)36-28/h3-10,13-14,24-25,34-37H,11-12,15-16H2,1-2H3/t24-,25+,29+/m1/s1. The molecule has 2 aliphatic rings. The maximum Gasteiger partial charge on any atom is 0.416 e. The van der Waals surface area contributed by atoms with Gasteiger partial charge in [-0.1, -0.05) is 18.2 Å². The smallest absolute Gasteiger partial charge is 0.416 e. The van der Waals surface area contributed by atoms with Gasteiger partial charge in [-0.15, -0.1) is 0 Å². The first-order valence-corrected chi connectivity index (χ1v) is 12.9. The van der Waals surface area contributed by atoms with E-state index < -0.39 is 17.3 Å². The van der Waals surface area contributed by atoms with Crippen molar-refractivity contribution in [1.29, 1.82) is 0 Å². The Morgan fingerprint density at radius 1 is 0.872 bits per heavy atom. The molecule has 9 heteroatoms. The van der Waals surface area contributed by atoms with E-state index in [0.29, 0.717) is 24.3 Å². The van der Waals surface area contributed by atoms with Gasteiger partial charge in [-0.2, -0.15) is 13.2 Å². The maximum atomic E-state index is 13.3. The Kier molecular flexibility index (Phi) is 6.23. The summed E-state index contributed by atoms with van der Waals surface area (Å²) < 4.78 is 50.9. The predicted octanol–water partition coefficient (Wildman–Crippen LogP) is 6.12. The molecule has 204 valence electrons. The zero-order valence-corrected chi connectivity index (χ0v) is 21.7. The van der Waals surface area contributed by atoms with Crippen LogP contribution in [0.1, 0.15) is 52.9 Å². The molecule has 1 aromatic heterocycles. The quantitative estimate of drug-likeness (QED) is 0.253. The fourth-order valence-electron chi connectivity index (χ4n) is 6.31. The van der Waals surface area contributed by atoms with Crippen LogP contribution in [0.15, 0.2) is 60.7 Å². The molecule has 0 radical (unpaired) electrons. The highest BCUT2D eigenvalue weighted by atomic mass is 19.4. The van der Waals surface area contributed by atoms with Crippen LogP contribution in [-0.2, 0) is 18.1 Å². The SMILES string of the molecule is COc1ccc([C@@H]2C[C@]3(C[C@H](c4ccc(C(F)(F)F)cc4)N2)NCCc2c3[nH]c3ccc(O)cc23)cc1OC. The van der Waals surface area contributed by atoms with Gasteiger partial charge in [-0.3, -0.25) is 0 Å². The highest BCUT2D eigenvalue weighted by Gasteiger charge is 2.46. The Labute approximate surface area is 224 Å². The summed E-state index contributed by atoms with van der Waals surface area (Å²) in [5.74, 6) is 1.45. The van der Waals surface area contributed by atoms with Gasteiger partial charge in [-0.25, -0.2) is 0 Å². The number of nitrogens with one attached hydrogen (secondary N) is 3. The van der Waals surface area contributed by atoms with Crippen LogP contribution in [-0.4, -0.2) is 30.9 Å². The maximum absolute atomic E-state index is 13.3. The molecule has 0 saturated carbocycles. The molecule has 1 fully saturated rings. The van der Waals surface area contributed by atoms with Crippen molar-refractivity contribution < 1.29 is 27.8 Å². The van der Waals surface area contributed by atoms with E-state index in [1.54, 1.807) is 38.5 Å². The van der Waals surface area contributed by atoms with Gasteiger partial charge >= 0.3 is 6.18 Å². The summed E-state index contributed by atoms with van der Waals surface area (Å²) in [4.78, 5) is 3.62. The van der Waals surface area contributed by atoms with Crippen molar-refractivity contribution >= 4 is 10.9 Å². The van der Waals surface area contributed by atoms with Crippen molar-refractivity contribution in [3.63, 3.8) is 0 Å². The van der Waals surface area contributed by atoms with Crippen LogP contribution in [0.25, 0.3) is 10.9 Å². The fraction of sp³-hybridized carbons (Fsp3) is 0.333. The summed E-state index contributed by atoms with van der Waals surface area (Å²) in [6, 6.07) is 16.2. The molecule has 3 atom stereocenters. The second-order valence-corrected chi connectivity index (χ2v) is 10.4. The average molecular weight is 538 g/mol. The van der Waals surface area contributed by atoms with Gasteiger partial charge in [0.15, 0.2) is 11.5 Å². The van der Waals surface area contributed by atoms with Crippen LogP contribution < -0.4 is 20.1 Å². The van der Waals surface area contributed by atoms with E-state index in [0.717, 1.165) is 52.8 Å². The Hall–Kier alpha value is -3.69. The summed E-state index contributed by atoms with van der Waals surface area (Å²) >= 11 is 0. The third-order valence-corrected chi connectivity index (χ3v) is 8.16. The number of rotatable bonds is 4. The number of piperidine rings is 1. The largest absolute Gasteiger partial charge is 0.508 e. The molecular weight excluding hydrogens is 507 g/mol. The second kappa shape index (κ2) is 9.50. The second-order valence-electron chi connectivity index (χ2n) is 10.4. The number of hydrogen-bond donors (Lipinski definition) is 4. The lowest BCUT2D eigenvalue weighted by Crippen LogP contribution is -2.55. The van der Waals surface area contributed by atoms with E-state index in [1.165, 1.54) is 5.56 Å². The van der Waals surface area contributed by atoms with Gasteiger partial charge in [0, 0.05) is 35.2 Å². The molecule has 3 heterocycles. The van der Waals surface area contributed by atoms with E-state index in [9.17, 15) is 18.3 Å². The molecule has 4 aromatic rings. The topological polar surface area (TPSA) is 78.5 Å². The molecule has 2 aliphatic heterocycles. The third-order valence-electron chi connectivity index (χ3n) is 8.16. The van der Waals surface area contributed by atoms with Crippen LogP contribution in [0.4, 0.5) is 13.2 Å². The summed E-state index contributed by atoms with van der Waals surface area (Å²) in [5, 5.41) is 18.7. The molecule has 6 rings (SSSR count). The van der Waals surface area contributed by atoms with Crippen LogP contribution in [0, 0.1) is 0 Å². The zero-order valence-electron chi connectivity index (χ0n) is 21.7. The van der Waals surface area contributed by atoms with E-state index in [4.69, 9.17) is 9.47 Å². The fourth-order valence-corrected chi connectivity index (χ4v) is 6.31. The number of methoxy groups -OCH3 is 2. The van der Waals surface area contributed by atoms with E-state index in [1.807, 2.05) is 24.3 Å². The minimum atomic E-state index is -4.39. The predicted molar refractivity (Wildman–Crippen MR) is 142 cm³/mol. The van der Waals surface area contributed by atoms with Gasteiger partial charge in [0.2, 0.25) is 0 Å². The van der Waals surface area contributed by atoms with Crippen LogP contribution in [0.5, 0.6) is 17.2 Å². The van der Waals surface area contributed by atoms with Crippen molar-refractivity contribution in [2.75, 3.05) is 20.8 Å². The normalized spacial score (nSPS) is 23.1. The number of ether oxygens (including phenoxy) is 2. The molecule has 0 amide bonds. The Morgan fingerprint density at radius 2 is 1.56 bits per heavy atom. The molecule has 4 N–H and O–H groups in total. The minimum Gasteiger partial charge on any atom is -0.508 e. The number of alkyl halides is 3. The van der Waals surface area contributed by atoms with Crippen molar-refractivity contribution in [2.24, 2.45) is 0 Å². The van der Waals surface area contributed by atoms with Gasteiger partial charge in [0.25, 0.3) is 0 Å². The lowest BCUT2D eigenvalue weighted by molar-refractivity contribution is -0.137. The van der Waals surface area contributed by atoms with Crippen molar-refractivity contribution in [2.45, 2.75) is 43.1 Å². The summed E-state index contributed by atoms with van der Waals surface area (Å²) in [7, 11) is 3.19. The van der Waals surface area contributed by atoms with Gasteiger partial charge in [-0.05, 0) is 78.4 Å². The Morgan fingerprint density at radius 3 is 2.26 bits per heavy atom. The first-order chi connectivity index (χ1) is 18.7. The molecule has 6 nitrogen and oxygen atoms in total. The first kappa shape index (κ1) is 25.6. The van der Waals surface area contributed by atoms with Gasteiger partial charge in [0.1, 0.15) is 5.75 Å². The van der Waals surface area contributed by atoms with Crippen molar-refractivity contribution in [3.8, 4) is 17.2 Å². The van der Waals surface area contributed by atoms with Crippen LogP contribution >= 0.6 is 0 Å². The number of halogens is 3. The van der Waals surface area contributed by atoms with Gasteiger partial charge < -0.3 is 30.2 Å². The van der Waals surface area contributed by atoms with Crippen LogP contribution in [0.2, 0.25) is 0 Å². The molecule has 0 bridgehead atoms. The van der Waals surface area contributed by atoms with Gasteiger partial charge in [0.05, 0.1) is 25.3 Å².